The van der Waals surface area contributed by atoms with Gasteiger partial charge in [-0.3, -0.25) is 0 Å². The number of aromatic hydroxyl groups is 1. The molecule has 1 atom stereocenters. The first-order valence-corrected chi connectivity index (χ1v) is 13.7. The van der Waals surface area contributed by atoms with Gasteiger partial charge in [-0.1, -0.05) is 43.2 Å². The molecule has 2 heterocycles. The summed E-state index contributed by atoms with van der Waals surface area (Å²) in [4.78, 5) is 17.1. The molecule has 2 aliphatic rings. The smallest absolute Gasteiger partial charge is 0.343 e. The number of hydrogen-bond acceptors (Lipinski definition) is 6. The molecule has 7 heteroatoms. The molecule has 2 aromatic heterocycles. The highest BCUT2D eigenvalue weighted by Gasteiger charge is 2.38. The molecule has 0 saturated heterocycles. The third-order valence-electron chi connectivity index (χ3n) is 6.92. The Balaban J connectivity index is 1.53. The van der Waals surface area contributed by atoms with E-state index >= 15 is 0 Å². The summed E-state index contributed by atoms with van der Waals surface area (Å²) in [5, 5.41) is 11.3. The summed E-state index contributed by atoms with van der Waals surface area (Å²) in [7, 11) is -3.60. The molecule has 5 rings (SSSR count). The van der Waals surface area contributed by atoms with Crippen LogP contribution < -0.4 is 5.63 Å². The molecular weight excluding hydrogens is 450 g/mol. The predicted molar refractivity (Wildman–Crippen MR) is 129 cm³/mol. The van der Waals surface area contributed by atoms with Crippen LogP contribution in [0.15, 0.2) is 62.9 Å². The minimum Gasteiger partial charge on any atom is -0.507 e. The van der Waals surface area contributed by atoms with E-state index in [9.17, 15) is 18.3 Å². The maximum Gasteiger partial charge on any atom is 0.343 e. The summed E-state index contributed by atoms with van der Waals surface area (Å²) in [5.41, 5.74) is 2.09. The van der Waals surface area contributed by atoms with Gasteiger partial charge in [0.05, 0.1) is 11.3 Å². The number of benzene rings is 1. The minimum atomic E-state index is -3.60. The molecule has 1 saturated carbocycles. The van der Waals surface area contributed by atoms with Crippen molar-refractivity contribution in [2.75, 3.05) is 0 Å². The van der Waals surface area contributed by atoms with Crippen molar-refractivity contribution < 1.29 is 17.9 Å². The molecule has 0 radical (unpaired) electrons. The molecule has 0 aliphatic heterocycles. The van der Waals surface area contributed by atoms with Crippen LogP contribution in [0.5, 0.6) is 5.75 Å². The first-order chi connectivity index (χ1) is 16.4. The molecule has 3 aromatic rings. The standard InChI is InChI=1S/C27H29NO5S/c29-26-21-10-3-1-2-4-11-22(21)33-27(30)25(26)24(19-13-14-19)20-9-7-8-18(16-20)17-34(31,32)23-12-5-6-15-28-23/h5-9,12,15-16,19,24,29H,1-4,10-11,13-14,17H2. The molecule has 34 heavy (non-hydrogen) atoms. The van der Waals surface area contributed by atoms with Crippen LogP contribution in [0.25, 0.3) is 0 Å². The van der Waals surface area contributed by atoms with Gasteiger partial charge in [0.1, 0.15) is 11.5 Å². The monoisotopic (exact) mass is 479 g/mol. The Bertz CT molecular complexity index is 1340. The Morgan fingerprint density at radius 1 is 1.03 bits per heavy atom. The number of hydrogen-bond donors (Lipinski definition) is 1. The van der Waals surface area contributed by atoms with Gasteiger partial charge < -0.3 is 9.52 Å². The molecule has 6 nitrogen and oxygen atoms in total. The van der Waals surface area contributed by atoms with Crippen LogP contribution in [-0.2, 0) is 28.4 Å². The summed E-state index contributed by atoms with van der Waals surface area (Å²) in [6.07, 6.45) is 8.88. The van der Waals surface area contributed by atoms with Crippen molar-refractivity contribution in [2.24, 2.45) is 5.92 Å². The Morgan fingerprint density at radius 2 is 1.82 bits per heavy atom. The zero-order valence-corrected chi connectivity index (χ0v) is 19.9. The quantitative estimate of drug-likeness (QED) is 0.539. The van der Waals surface area contributed by atoms with E-state index in [4.69, 9.17) is 4.42 Å². The average Bonchev–Trinajstić information content (AvgIpc) is 3.63. The predicted octanol–water partition coefficient (Wildman–Crippen LogP) is 4.92. The summed E-state index contributed by atoms with van der Waals surface area (Å²) in [5.74, 6) is 0.430. The Labute approximate surface area is 199 Å². The lowest BCUT2D eigenvalue weighted by Gasteiger charge is -2.21. The number of aryl methyl sites for hydroxylation is 1. The van der Waals surface area contributed by atoms with Crippen molar-refractivity contribution in [1.29, 1.82) is 0 Å². The van der Waals surface area contributed by atoms with E-state index in [-0.39, 0.29) is 28.4 Å². The van der Waals surface area contributed by atoms with Gasteiger partial charge in [-0.05, 0) is 61.3 Å². The second kappa shape index (κ2) is 9.37. The van der Waals surface area contributed by atoms with E-state index in [2.05, 4.69) is 4.98 Å². The van der Waals surface area contributed by atoms with E-state index in [0.717, 1.165) is 49.7 Å². The van der Waals surface area contributed by atoms with Crippen molar-refractivity contribution in [3.63, 3.8) is 0 Å². The number of pyridine rings is 1. The van der Waals surface area contributed by atoms with Crippen LogP contribution in [0.1, 0.15) is 72.5 Å². The van der Waals surface area contributed by atoms with Gasteiger partial charge in [-0.25, -0.2) is 18.2 Å². The fraction of sp³-hybridized carbons (Fsp3) is 0.407. The van der Waals surface area contributed by atoms with E-state index in [1.165, 1.54) is 12.3 Å². The molecule has 2 aliphatic carbocycles. The van der Waals surface area contributed by atoms with Crippen LogP contribution in [0.2, 0.25) is 0 Å². The molecule has 0 spiro atoms. The summed E-state index contributed by atoms with van der Waals surface area (Å²) < 4.78 is 31.5. The highest BCUT2D eigenvalue weighted by molar-refractivity contribution is 7.90. The summed E-state index contributed by atoms with van der Waals surface area (Å²) in [6, 6.07) is 12.2. The van der Waals surface area contributed by atoms with Gasteiger partial charge in [0.2, 0.25) is 0 Å². The number of sulfone groups is 1. The molecule has 1 aromatic carbocycles. The lowest BCUT2D eigenvalue weighted by molar-refractivity contribution is 0.382. The second-order valence-electron chi connectivity index (χ2n) is 9.45. The molecule has 1 unspecified atom stereocenters. The van der Waals surface area contributed by atoms with Crippen molar-refractivity contribution in [3.8, 4) is 5.75 Å². The van der Waals surface area contributed by atoms with Gasteiger partial charge in [0.15, 0.2) is 14.9 Å². The lowest BCUT2D eigenvalue weighted by Crippen LogP contribution is -2.19. The first kappa shape index (κ1) is 22.8. The highest BCUT2D eigenvalue weighted by atomic mass is 32.2. The molecule has 1 N–H and O–H groups in total. The number of nitrogens with zero attached hydrogens (tertiary/aromatic N) is 1. The van der Waals surface area contributed by atoms with Gasteiger partial charge in [-0.2, -0.15) is 0 Å². The third-order valence-corrected chi connectivity index (χ3v) is 8.51. The van der Waals surface area contributed by atoms with Crippen molar-refractivity contribution in [1.82, 2.24) is 4.98 Å². The lowest BCUT2D eigenvalue weighted by atomic mass is 9.85. The molecule has 178 valence electrons. The SMILES string of the molecule is O=c1oc2c(c(O)c1C(c1cccc(CS(=O)(=O)c3ccccn3)c1)C1CC1)CCCCCC2. The first-order valence-electron chi connectivity index (χ1n) is 12.0. The Hall–Kier alpha value is -2.93. The highest BCUT2D eigenvalue weighted by Crippen LogP contribution is 2.48. The summed E-state index contributed by atoms with van der Waals surface area (Å²) >= 11 is 0. The van der Waals surface area contributed by atoms with E-state index in [0.29, 0.717) is 29.7 Å². The van der Waals surface area contributed by atoms with Crippen LogP contribution >= 0.6 is 0 Å². The fourth-order valence-corrected chi connectivity index (χ4v) is 6.37. The largest absolute Gasteiger partial charge is 0.507 e. The van der Waals surface area contributed by atoms with E-state index < -0.39 is 15.5 Å². The number of rotatable bonds is 6. The van der Waals surface area contributed by atoms with Gasteiger partial charge in [-0.15, -0.1) is 0 Å². The van der Waals surface area contributed by atoms with Gasteiger partial charge >= 0.3 is 5.63 Å². The van der Waals surface area contributed by atoms with Crippen molar-refractivity contribution >= 4 is 9.84 Å². The topological polar surface area (TPSA) is 97.5 Å². The molecule has 1 fully saturated rings. The Morgan fingerprint density at radius 3 is 2.56 bits per heavy atom. The minimum absolute atomic E-state index is 0.0408. The normalized spacial score (nSPS) is 17.4. The van der Waals surface area contributed by atoms with Gasteiger partial charge in [0, 0.05) is 24.1 Å². The fourth-order valence-electron chi connectivity index (χ4n) is 5.10. The molecule has 0 bridgehead atoms. The van der Waals surface area contributed by atoms with Crippen molar-refractivity contribution in [2.45, 2.75) is 68.1 Å². The van der Waals surface area contributed by atoms with Crippen LogP contribution in [0.4, 0.5) is 0 Å². The maximum atomic E-state index is 13.1. The van der Waals surface area contributed by atoms with Gasteiger partial charge in [0.25, 0.3) is 0 Å². The van der Waals surface area contributed by atoms with Crippen molar-refractivity contribution in [3.05, 3.63) is 87.1 Å². The van der Waals surface area contributed by atoms with E-state index in [1.54, 1.807) is 18.2 Å². The van der Waals surface area contributed by atoms with Crippen LogP contribution in [-0.4, -0.2) is 18.5 Å². The Kier molecular flexibility index (Phi) is 6.30. The zero-order chi connectivity index (χ0) is 23.7. The zero-order valence-electron chi connectivity index (χ0n) is 19.1. The van der Waals surface area contributed by atoms with Crippen LogP contribution in [0.3, 0.4) is 0 Å². The molecular formula is C27H29NO5S. The number of aromatic nitrogens is 1. The van der Waals surface area contributed by atoms with E-state index in [1.807, 2.05) is 18.2 Å². The third kappa shape index (κ3) is 4.67. The average molecular weight is 480 g/mol. The molecule has 0 amide bonds. The van der Waals surface area contributed by atoms with Crippen LogP contribution in [0, 0.1) is 5.92 Å². The second-order valence-corrected chi connectivity index (χ2v) is 11.4. The summed E-state index contributed by atoms with van der Waals surface area (Å²) in [6.45, 7) is 0. The maximum absolute atomic E-state index is 13.1. The number of fused-ring (bicyclic) bond motifs is 1.